The molecule has 0 bridgehead atoms. The molecule has 3 aromatic rings. The molecular weight excluding hydrogens is 484 g/mol. The average molecular weight is 515 g/mol. The summed E-state index contributed by atoms with van der Waals surface area (Å²) in [7, 11) is 1.37. The monoisotopic (exact) mass is 514 g/mol. The number of fused-ring (bicyclic) bond motifs is 1. The zero-order chi connectivity index (χ0) is 24.9. The maximum atomic E-state index is 12.8. The molecule has 1 aromatic carbocycles. The molecule has 8 nitrogen and oxygen atoms in total. The molecule has 10 heteroatoms. The molecule has 35 heavy (non-hydrogen) atoms. The normalized spacial score (nSPS) is 14.9. The van der Waals surface area contributed by atoms with E-state index in [0.29, 0.717) is 40.6 Å². The van der Waals surface area contributed by atoms with E-state index < -0.39 is 5.97 Å². The molecule has 0 saturated carbocycles. The molecule has 1 aliphatic rings. The largest absolute Gasteiger partial charge is 0.486 e. The number of ether oxygens (including phenoxy) is 2. The molecule has 0 spiro atoms. The van der Waals surface area contributed by atoms with Crippen LogP contribution in [0, 0.1) is 12.8 Å². The number of amides is 1. The molecule has 0 radical (unpaired) electrons. The van der Waals surface area contributed by atoms with Gasteiger partial charge in [0.2, 0.25) is 5.91 Å². The number of carbonyl (C=O) groups excluding carboxylic acids is 2. The number of nitrogens with zero attached hydrogens (tertiary/aromatic N) is 3. The Morgan fingerprint density at radius 3 is 2.89 bits per heavy atom. The van der Waals surface area contributed by atoms with Crippen LogP contribution in [0.15, 0.2) is 29.4 Å². The first-order valence-electron chi connectivity index (χ1n) is 11.7. The topological polar surface area (TPSA) is 95.3 Å². The van der Waals surface area contributed by atoms with Gasteiger partial charge in [-0.2, -0.15) is 0 Å². The summed E-state index contributed by atoms with van der Waals surface area (Å²) >= 11 is 2.79. The van der Waals surface area contributed by atoms with Crippen molar-refractivity contribution in [1.82, 2.24) is 14.8 Å². The van der Waals surface area contributed by atoms with E-state index in [4.69, 9.17) is 9.47 Å². The Balaban J connectivity index is 1.41. The third-order valence-corrected chi connectivity index (χ3v) is 8.09. The second-order valence-electron chi connectivity index (χ2n) is 8.63. The number of nitrogens with one attached hydrogen (secondary N) is 1. The molecule has 186 valence electrons. The number of benzene rings is 1. The zero-order valence-electron chi connectivity index (χ0n) is 20.4. The number of hydrogen-bond donors (Lipinski definition) is 1. The van der Waals surface area contributed by atoms with Gasteiger partial charge in [0.1, 0.15) is 17.4 Å². The summed E-state index contributed by atoms with van der Waals surface area (Å²) in [6.45, 7) is 7.18. The Morgan fingerprint density at radius 2 is 2.14 bits per heavy atom. The van der Waals surface area contributed by atoms with Gasteiger partial charge in [0.05, 0.1) is 18.4 Å². The molecule has 4 rings (SSSR count). The number of rotatable bonds is 9. The summed E-state index contributed by atoms with van der Waals surface area (Å²) in [5.41, 5.74) is 2.65. The minimum Gasteiger partial charge on any atom is -0.486 e. The number of hydrogen-bond acceptors (Lipinski definition) is 8. The van der Waals surface area contributed by atoms with Crippen molar-refractivity contribution in [2.75, 3.05) is 18.2 Å². The van der Waals surface area contributed by atoms with Crippen LogP contribution in [0.25, 0.3) is 0 Å². The first kappa shape index (κ1) is 25.2. The number of aryl methyl sites for hydroxylation is 1. The molecule has 1 N–H and O–H groups in total. The van der Waals surface area contributed by atoms with E-state index in [9.17, 15) is 9.59 Å². The van der Waals surface area contributed by atoms with Gasteiger partial charge in [0, 0.05) is 11.4 Å². The van der Waals surface area contributed by atoms with Crippen molar-refractivity contribution in [3.63, 3.8) is 0 Å². The second kappa shape index (κ2) is 11.3. The Labute approximate surface area is 213 Å². The lowest BCUT2D eigenvalue weighted by Gasteiger charge is -2.18. The highest BCUT2D eigenvalue weighted by Gasteiger charge is 2.29. The number of thiophene rings is 1. The molecule has 1 aliphatic carbocycles. The van der Waals surface area contributed by atoms with Crippen molar-refractivity contribution in [3.05, 3.63) is 51.7 Å². The van der Waals surface area contributed by atoms with Crippen LogP contribution < -0.4 is 10.1 Å². The summed E-state index contributed by atoms with van der Waals surface area (Å²) in [5, 5.41) is 12.7. The van der Waals surface area contributed by atoms with Crippen LogP contribution in [0.1, 0.15) is 52.5 Å². The number of thioether (sulfide) groups is 1. The number of carbonyl (C=O) groups is 2. The van der Waals surface area contributed by atoms with Gasteiger partial charge in [-0.1, -0.05) is 30.8 Å². The SMILES string of the molecule is CCn1c(COc2cccc(C)c2)nnc1SCC(=O)Nc1sc2c(c1C(=O)OC)CCC(C)C2. The first-order chi connectivity index (χ1) is 16.9. The van der Waals surface area contributed by atoms with Gasteiger partial charge in [-0.15, -0.1) is 21.5 Å². The third-order valence-electron chi connectivity index (χ3n) is 5.95. The lowest BCUT2D eigenvalue weighted by atomic mass is 9.88. The Hall–Kier alpha value is -2.85. The maximum Gasteiger partial charge on any atom is 0.341 e. The van der Waals surface area contributed by atoms with Gasteiger partial charge < -0.3 is 19.4 Å². The van der Waals surface area contributed by atoms with Crippen LogP contribution in [-0.4, -0.2) is 39.5 Å². The van der Waals surface area contributed by atoms with Gasteiger partial charge in [0.15, 0.2) is 11.0 Å². The molecule has 0 saturated heterocycles. The summed E-state index contributed by atoms with van der Waals surface area (Å²) in [6.07, 6.45) is 2.77. The highest BCUT2D eigenvalue weighted by molar-refractivity contribution is 7.99. The molecule has 1 amide bonds. The number of methoxy groups -OCH3 is 1. The van der Waals surface area contributed by atoms with Crippen LogP contribution in [0.2, 0.25) is 0 Å². The van der Waals surface area contributed by atoms with Crippen molar-refractivity contribution < 1.29 is 19.1 Å². The van der Waals surface area contributed by atoms with E-state index in [1.807, 2.05) is 42.7 Å². The minimum atomic E-state index is -0.399. The lowest BCUT2D eigenvalue weighted by molar-refractivity contribution is -0.113. The van der Waals surface area contributed by atoms with Gasteiger partial charge in [-0.05, 0) is 62.3 Å². The lowest BCUT2D eigenvalue weighted by Crippen LogP contribution is -2.17. The van der Waals surface area contributed by atoms with E-state index in [1.54, 1.807) is 0 Å². The van der Waals surface area contributed by atoms with Gasteiger partial charge in [-0.25, -0.2) is 4.79 Å². The van der Waals surface area contributed by atoms with Crippen LogP contribution in [0.5, 0.6) is 5.75 Å². The maximum absolute atomic E-state index is 12.8. The van der Waals surface area contributed by atoms with E-state index in [0.717, 1.165) is 41.0 Å². The van der Waals surface area contributed by atoms with Crippen LogP contribution >= 0.6 is 23.1 Å². The molecule has 2 heterocycles. The Bertz CT molecular complexity index is 1220. The minimum absolute atomic E-state index is 0.149. The number of esters is 1. The van der Waals surface area contributed by atoms with E-state index in [2.05, 4.69) is 22.4 Å². The molecule has 1 unspecified atom stereocenters. The fraction of sp³-hybridized carbons (Fsp3) is 0.440. The van der Waals surface area contributed by atoms with Crippen molar-refractivity contribution in [2.45, 2.75) is 58.3 Å². The fourth-order valence-electron chi connectivity index (χ4n) is 4.15. The summed E-state index contributed by atoms with van der Waals surface area (Å²) < 4.78 is 12.8. The molecule has 0 fully saturated rings. The van der Waals surface area contributed by atoms with Crippen LogP contribution in [0.4, 0.5) is 5.00 Å². The summed E-state index contributed by atoms with van der Waals surface area (Å²) in [6, 6.07) is 7.84. The van der Waals surface area contributed by atoms with Gasteiger partial charge in [0.25, 0.3) is 0 Å². The first-order valence-corrected chi connectivity index (χ1v) is 13.5. The highest BCUT2D eigenvalue weighted by atomic mass is 32.2. The smallest absolute Gasteiger partial charge is 0.341 e. The van der Waals surface area contributed by atoms with Crippen LogP contribution in [0.3, 0.4) is 0 Å². The van der Waals surface area contributed by atoms with E-state index in [-0.39, 0.29) is 11.7 Å². The zero-order valence-corrected chi connectivity index (χ0v) is 22.1. The van der Waals surface area contributed by atoms with Gasteiger partial charge >= 0.3 is 5.97 Å². The average Bonchev–Trinajstić information content (AvgIpc) is 3.40. The van der Waals surface area contributed by atoms with Crippen molar-refractivity contribution in [1.29, 1.82) is 0 Å². The predicted octanol–water partition coefficient (Wildman–Crippen LogP) is 4.89. The molecule has 1 atom stereocenters. The molecule has 2 aromatic heterocycles. The summed E-state index contributed by atoms with van der Waals surface area (Å²) in [5.74, 6) is 1.59. The number of aromatic nitrogens is 3. The quantitative estimate of drug-likeness (QED) is 0.321. The van der Waals surface area contributed by atoms with E-state index in [1.165, 1.54) is 30.2 Å². The van der Waals surface area contributed by atoms with Gasteiger partial charge in [-0.3, -0.25) is 4.79 Å². The van der Waals surface area contributed by atoms with E-state index >= 15 is 0 Å². The Morgan fingerprint density at radius 1 is 1.31 bits per heavy atom. The summed E-state index contributed by atoms with van der Waals surface area (Å²) in [4.78, 5) is 26.5. The second-order valence-corrected chi connectivity index (χ2v) is 10.7. The van der Waals surface area contributed by atoms with Crippen molar-refractivity contribution in [2.24, 2.45) is 5.92 Å². The third kappa shape index (κ3) is 5.87. The van der Waals surface area contributed by atoms with Crippen molar-refractivity contribution >= 4 is 40.0 Å². The molecule has 0 aliphatic heterocycles. The molecular formula is C25H30N4O4S2. The Kier molecular flexibility index (Phi) is 8.12. The standard InChI is InChI=1S/C25H30N4O4S2/c1-5-29-20(13-33-17-8-6-7-15(2)11-17)27-28-25(29)34-14-21(30)26-23-22(24(31)32-4)18-10-9-16(3)12-19(18)35-23/h6-8,11,16H,5,9-10,12-14H2,1-4H3,(H,26,30). The predicted molar refractivity (Wildman–Crippen MR) is 137 cm³/mol. The fourth-order valence-corrected chi connectivity index (χ4v) is 6.39. The number of anilines is 1. The van der Waals surface area contributed by atoms with Crippen LogP contribution in [-0.2, 0) is 35.5 Å². The van der Waals surface area contributed by atoms with Crippen molar-refractivity contribution in [3.8, 4) is 5.75 Å². The highest BCUT2D eigenvalue weighted by Crippen LogP contribution is 2.40.